The number of amides is 1. The number of nitrogens with two attached hydrogens (primary N) is 1. The van der Waals surface area contributed by atoms with Crippen molar-refractivity contribution in [1.82, 2.24) is 5.32 Å². The van der Waals surface area contributed by atoms with Crippen LogP contribution in [0.2, 0.25) is 0 Å². The van der Waals surface area contributed by atoms with Crippen LogP contribution in [0, 0.1) is 20.9 Å². The zero-order valence-corrected chi connectivity index (χ0v) is 16.9. The zero-order valence-electron chi connectivity index (χ0n) is 15.3. The SMILES string of the molecule is CC(C)(C)CN.CC(C)(C)CNC(=O)c1ccc(Br)c([N+](=O)[O-])c1. The summed E-state index contributed by atoms with van der Waals surface area (Å²) >= 11 is 3.08. The Bertz CT molecular complexity index is 575. The van der Waals surface area contributed by atoms with E-state index in [1.54, 1.807) is 6.07 Å². The third-order valence-electron chi connectivity index (χ3n) is 2.80. The number of nitro benzene ring substituents is 1. The minimum Gasteiger partial charge on any atom is -0.352 e. The normalized spacial score (nSPS) is 11.3. The van der Waals surface area contributed by atoms with Gasteiger partial charge in [-0.3, -0.25) is 14.9 Å². The lowest BCUT2D eigenvalue weighted by Crippen LogP contribution is -2.32. The Kier molecular flexibility index (Phi) is 8.57. The number of halogens is 1. The second-order valence-electron chi connectivity index (χ2n) is 7.93. The average Bonchev–Trinajstić information content (AvgIpc) is 2.44. The maximum Gasteiger partial charge on any atom is 0.284 e. The van der Waals surface area contributed by atoms with Crippen LogP contribution in [0.25, 0.3) is 0 Å². The van der Waals surface area contributed by atoms with Crippen molar-refractivity contribution in [2.24, 2.45) is 16.6 Å². The highest BCUT2D eigenvalue weighted by Gasteiger charge is 2.17. The van der Waals surface area contributed by atoms with E-state index in [-0.39, 0.29) is 22.6 Å². The van der Waals surface area contributed by atoms with Gasteiger partial charge in [-0.2, -0.15) is 0 Å². The van der Waals surface area contributed by atoms with Gasteiger partial charge in [0.15, 0.2) is 0 Å². The third-order valence-corrected chi connectivity index (χ3v) is 3.47. The molecule has 0 saturated heterocycles. The average molecular weight is 402 g/mol. The van der Waals surface area contributed by atoms with Gasteiger partial charge in [0.05, 0.1) is 9.40 Å². The van der Waals surface area contributed by atoms with E-state index in [1.807, 2.05) is 20.8 Å². The molecule has 1 rings (SSSR count). The van der Waals surface area contributed by atoms with Crippen molar-refractivity contribution < 1.29 is 9.72 Å². The third kappa shape index (κ3) is 9.62. The molecule has 0 bridgehead atoms. The van der Waals surface area contributed by atoms with E-state index in [4.69, 9.17) is 5.73 Å². The van der Waals surface area contributed by atoms with E-state index in [2.05, 4.69) is 42.0 Å². The molecule has 0 aliphatic heterocycles. The fourth-order valence-electron chi connectivity index (χ4n) is 1.24. The van der Waals surface area contributed by atoms with Gasteiger partial charge < -0.3 is 11.1 Å². The summed E-state index contributed by atoms with van der Waals surface area (Å²) in [5.41, 5.74) is 5.77. The van der Waals surface area contributed by atoms with Gasteiger partial charge in [-0.1, -0.05) is 41.5 Å². The van der Waals surface area contributed by atoms with Crippen LogP contribution in [0.5, 0.6) is 0 Å². The fourth-order valence-corrected chi connectivity index (χ4v) is 1.63. The molecule has 1 aromatic carbocycles. The monoisotopic (exact) mass is 401 g/mol. The Hall–Kier alpha value is -1.47. The predicted molar refractivity (Wildman–Crippen MR) is 101 cm³/mol. The van der Waals surface area contributed by atoms with Gasteiger partial charge in [0.2, 0.25) is 0 Å². The van der Waals surface area contributed by atoms with Crippen LogP contribution >= 0.6 is 15.9 Å². The van der Waals surface area contributed by atoms with Gasteiger partial charge in [0, 0.05) is 18.2 Å². The molecule has 0 radical (unpaired) electrons. The van der Waals surface area contributed by atoms with Gasteiger partial charge in [0.1, 0.15) is 0 Å². The number of benzene rings is 1. The minimum atomic E-state index is -0.523. The van der Waals surface area contributed by atoms with Crippen LogP contribution in [0.15, 0.2) is 22.7 Å². The van der Waals surface area contributed by atoms with E-state index in [1.165, 1.54) is 12.1 Å². The van der Waals surface area contributed by atoms with E-state index in [9.17, 15) is 14.9 Å². The van der Waals surface area contributed by atoms with Crippen LogP contribution < -0.4 is 11.1 Å². The molecule has 1 amide bonds. The first kappa shape index (κ1) is 22.5. The molecule has 0 saturated carbocycles. The summed E-state index contributed by atoms with van der Waals surface area (Å²) in [5, 5.41) is 13.5. The lowest BCUT2D eigenvalue weighted by Gasteiger charge is -2.18. The van der Waals surface area contributed by atoms with Gasteiger partial charge in [0.25, 0.3) is 11.6 Å². The standard InChI is InChI=1S/C12H15BrN2O3.C5H13N/c1-12(2,3)7-14-11(16)8-4-5-9(13)10(6-8)15(17)18;1-5(2,3)4-6/h4-6H,7H2,1-3H3,(H,14,16);4,6H2,1-3H3. The molecule has 1 aromatic rings. The Morgan fingerprint density at radius 3 is 2.08 bits per heavy atom. The summed E-state index contributed by atoms with van der Waals surface area (Å²) in [6.45, 7) is 13.6. The topological polar surface area (TPSA) is 98.3 Å². The first-order valence-electron chi connectivity index (χ1n) is 7.69. The summed E-state index contributed by atoms with van der Waals surface area (Å²) < 4.78 is 0.361. The zero-order chi connectivity index (χ0) is 19.1. The quantitative estimate of drug-likeness (QED) is 0.587. The maximum atomic E-state index is 11.8. The molecule has 0 aromatic heterocycles. The van der Waals surface area contributed by atoms with E-state index >= 15 is 0 Å². The molecule has 0 heterocycles. The Labute approximate surface area is 152 Å². The molecule has 3 N–H and O–H groups in total. The number of nitro groups is 1. The van der Waals surface area contributed by atoms with Crippen molar-refractivity contribution in [3.05, 3.63) is 38.3 Å². The Morgan fingerprint density at radius 2 is 1.71 bits per heavy atom. The highest BCUT2D eigenvalue weighted by Crippen LogP contribution is 2.25. The van der Waals surface area contributed by atoms with E-state index in [0.29, 0.717) is 16.4 Å². The number of carbonyl (C=O) groups excluding carboxylic acids is 1. The van der Waals surface area contributed by atoms with Crippen molar-refractivity contribution in [1.29, 1.82) is 0 Å². The summed E-state index contributed by atoms with van der Waals surface area (Å²) in [4.78, 5) is 22.1. The molecule has 6 nitrogen and oxygen atoms in total. The molecule has 136 valence electrons. The Balaban J connectivity index is 0.000000754. The van der Waals surface area contributed by atoms with Crippen LogP contribution in [0.3, 0.4) is 0 Å². The molecule has 0 spiro atoms. The molecule has 7 heteroatoms. The van der Waals surface area contributed by atoms with Crippen molar-refractivity contribution in [3.63, 3.8) is 0 Å². The second kappa shape index (κ2) is 9.13. The van der Waals surface area contributed by atoms with Crippen LogP contribution in [-0.4, -0.2) is 23.9 Å². The van der Waals surface area contributed by atoms with Gasteiger partial charge in [-0.25, -0.2) is 0 Å². The number of hydrogen-bond acceptors (Lipinski definition) is 4. The maximum absolute atomic E-state index is 11.8. The first-order valence-corrected chi connectivity index (χ1v) is 8.48. The van der Waals surface area contributed by atoms with E-state index < -0.39 is 4.92 Å². The minimum absolute atomic E-state index is 0.0308. The van der Waals surface area contributed by atoms with Gasteiger partial charge >= 0.3 is 0 Å². The molecular weight excluding hydrogens is 374 g/mol. The highest BCUT2D eigenvalue weighted by atomic mass is 79.9. The number of hydrogen-bond donors (Lipinski definition) is 2. The highest BCUT2D eigenvalue weighted by molar-refractivity contribution is 9.10. The molecule has 0 fully saturated rings. The molecule has 0 unspecified atom stereocenters. The summed E-state index contributed by atoms with van der Waals surface area (Å²) in [6, 6.07) is 4.32. The largest absolute Gasteiger partial charge is 0.352 e. The van der Waals surface area contributed by atoms with Crippen LogP contribution in [0.1, 0.15) is 51.9 Å². The molecule has 24 heavy (non-hydrogen) atoms. The smallest absolute Gasteiger partial charge is 0.284 e. The van der Waals surface area contributed by atoms with Crippen molar-refractivity contribution >= 4 is 27.5 Å². The lowest BCUT2D eigenvalue weighted by atomic mass is 9.97. The van der Waals surface area contributed by atoms with Gasteiger partial charge in [-0.15, -0.1) is 0 Å². The lowest BCUT2D eigenvalue weighted by molar-refractivity contribution is -0.385. The molecule has 0 atom stereocenters. The first-order chi connectivity index (χ1) is 10.8. The van der Waals surface area contributed by atoms with Gasteiger partial charge in [-0.05, 0) is 45.4 Å². The van der Waals surface area contributed by atoms with Crippen molar-refractivity contribution in [2.75, 3.05) is 13.1 Å². The number of rotatable bonds is 3. The summed E-state index contributed by atoms with van der Waals surface area (Å²) in [6.07, 6.45) is 0. The fraction of sp³-hybridized carbons (Fsp3) is 0.588. The van der Waals surface area contributed by atoms with Crippen molar-refractivity contribution in [3.8, 4) is 0 Å². The summed E-state index contributed by atoms with van der Waals surface area (Å²) in [5.74, 6) is -0.305. The van der Waals surface area contributed by atoms with Crippen LogP contribution in [-0.2, 0) is 0 Å². The molecule has 0 aliphatic carbocycles. The predicted octanol–water partition coefficient (Wildman–Crippen LogP) is 4.12. The molecular formula is C17H28BrN3O3. The summed E-state index contributed by atoms with van der Waals surface area (Å²) in [7, 11) is 0. The van der Waals surface area contributed by atoms with E-state index in [0.717, 1.165) is 6.54 Å². The van der Waals surface area contributed by atoms with Crippen molar-refractivity contribution in [2.45, 2.75) is 41.5 Å². The second-order valence-corrected chi connectivity index (χ2v) is 8.79. The molecule has 0 aliphatic rings. The van der Waals surface area contributed by atoms with Crippen LogP contribution in [0.4, 0.5) is 5.69 Å². The number of carbonyl (C=O) groups is 1. The Morgan fingerprint density at radius 1 is 1.21 bits per heavy atom. The number of nitrogens with zero attached hydrogens (tertiary/aromatic N) is 1. The number of nitrogens with one attached hydrogen (secondary N) is 1.